The molecule has 0 aliphatic carbocycles. The first-order valence-electron chi connectivity index (χ1n) is 6.57. The molecule has 4 heteroatoms. The topological polar surface area (TPSA) is 48.1 Å². The maximum atomic E-state index is 5.56. The third-order valence-electron chi connectivity index (χ3n) is 3.12. The molecular weight excluding hydrogens is 268 g/mol. The lowest BCUT2D eigenvalue weighted by Crippen LogP contribution is -2.10. The standard InChI is InChI=1S/C16H16N2OS/c1-11-4-2-3-5-13(11)16-18-14-7-6-12(19-9-8-17)10-15(14)20-16/h2-7,10H,8-9,17H2,1H3. The van der Waals surface area contributed by atoms with Crippen LogP contribution in [-0.4, -0.2) is 18.1 Å². The molecule has 102 valence electrons. The molecule has 0 bridgehead atoms. The number of aromatic nitrogens is 1. The smallest absolute Gasteiger partial charge is 0.124 e. The van der Waals surface area contributed by atoms with Crippen LogP contribution in [0.15, 0.2) is 42.5 Å². The van der Waals surface area contributed by atoms with E-state index in [1.807, 2.05) is 30.3 Å². The van der Waals surface area contributed by atoms with Gasteiger partial charge >= 0.3 is 0 Å². The molecule has 20 heavy (non-hydrogen) atoms. The Bertz CT molecular complexity index is 736. The van der Waals surface area contributed by atoms with Crippen molar-refractivity contribution < 1.29 is 4.74 Å². The van der Waals surface area contributed by atoms with Gasteiger partial charge in [0.25, 0.3) is 0 Å². The van der Waals surface area contributed by atoms with Crippen LogP contribution >= 0.6 is 11.3 Å². The van der Waals surface area contributed by atoms with E-state index in [0.29, 0.717) is 13.2 Å². The molecule has 3 aromatic rings. The van der Waals surface area contributed by atoms with E-state index in [9.17, 15) is 0 Å². The zero-order valence-corrected chi connectivity index (χ0v) is 12.1. The molecule has 0 saturated heterocycles. The van der Waals surface area contributed by atoms with Crippen molar-refractivity contribution in [2.75, 3.05) is 13.2 Å². The molecule has 0 saturated carbocycles. The second-order valence-electron chi connectivity index (χ2n) is 4.60. The first-order valence-corrected chi connectivity index (χ1v) is 7.39. The van der Waals surface area contributed by atoms with Crippen molar-refractivity contribution in [3.63, 3.8) is 0 Å². The van der Waals surface area contributed by atoms with Crippen molar-refractivity contribution in [3.05, 3.63) is 48.0 Å². The number of fused-ring (bicyclic) bond motifs is 1. The first kappa shape index (κ1) is 13.1. The summed E-state index contributed by atoms with van der Waals surface area (Å²) in [6, 6.07) is 14.3. The van der Waals surface area contributed by atoms with Gasteiger partial charge in [-0.25, -0.2) is 4.98 Å². The Morgan fingerprint density at radius 1 is 1.20 bits per heavy atom. The number of thiazole rings is 1. The molecular formula is C16H16N2OS. The zero-order chi connectivity index (χ0) is 13.9. The molecule has 0 amide bonds. The van der Waals surface area contributed by atoms with Gasteiger partial charge in [-0.05, 0) is 30.7 Å². The molecule has 1 heterocycles. The summed E-state index contributed by atoms with van der Waals surface area (Å²) in [6.07, 6.45) is 0. The van der Waals surface area contributed by atoms with E-state index in [0.717, 1.165) is 21.0 Å². The quantitative estimate of drug-likeness (QED) is 0.796. The summed E-state index contributed by atoms with van der Waals surface area (Å²) in [4.78, 5) is 4.70. The third kappa shape index (κ3) is 2.53. The van der Waals surface area contributed by atoms with Gasteiger partial charge in [0.1, 0.15) is 17.4 Å². The maximum absolute atomic E-state index is 5.56. The highest BCUT2D eigenvalue weighted by Crippen LogP contribution is 2.33. The monoisotopic (exact) mass is 284 g/mol. The highest BCUT2D eigenvalue weighted by atomic mass is 32.1. The molecule has 2 aromatic carbocycles. The number of benzene rings is 2. The van der Waals surface area contributed by atoms with Crippen molar-refractivity contribution in [2.24, 2.45) is 5.73 Å². The summed E-state index contributed by atoms with van der Waals surface area (Å²) in [5.41, 5.74) is 8.89. The summed E-state index contributed by atoms with van der Waals surface area (Å²) in [5.74, 6) is 0.850. The summed E-state index contributed by atoms with van der Waals surface area (Å²) < 4.78 is 6.69. The minimum atomic E-state index is 0.523. The van der Waals surface area contributed by atoms with Gasteiger partial charge in [-0.15, -0.1) is 11.3 Å². The number of aryl methyl sites for hydroxylation is 1. The average Bonchev–Trinajstić information content (AvgIpc) is 2.88. The normalized spacial score (nSPS) is 10.9. The Kier molecular flexibility index (Phi) is 3.67. The van der Waals surface area contributed by atoms with Gasteiger partial charge in [0.15, 0.2) is 0 Å². The van der Waals surface area contributed by atoms with Crippen LogP contribution in [0.25, 0.3) is 20.8 Å². The van der Waals surface area contributed by atoms with E-state index in [-0.39, 0.29) is 0 Å². The van der Waals surface area contributed by atoms with Crippen molar-refractivity contribution in [2.45, 2.75) is 6.92 Å². The number of nitrogens with zero attached hydrogens (tertiary/aromatic N) is 1. The lowest BCUT2D eigenvalue weighted by atomic mass is 10.1. The average molecular weight is 284 g/mol. The summed E-state index contributed by atoms with van der Waals surface area (Å²) in [6.45, 7) is 3.17. The van der Waals surface area contributed by atoms with Crippen LogP contribution in [0.1, 0.15) is 5.56 Å². The van der Waals surface area contributed by atoms with Gasteiger partial charge in [0.2, 0.25) is 0 Å². The fourth-order valence-corrected chi connectivity index (χ4v) is 3.18. The molecule has 2 N–H and O–H groups in total. The van der Waals surface area contributed by atoms with Crippen LogP contribution in [0.3, 0.4) is 0 Å². The number of rotatable bonds is 4. The Balaban J connectivity index is 2.00. The van der Waals surface area contributed by atoms with Crippen LogP contribution in [0.2, 0.25) is 0 Å². The van der Waals surface area contributed by atoms with E-state index in [1.165, 1.54) is 11.1 Å². The molecule has 0 radical (unpaired) electrons. The van der Waals surface area contributed by atoms with E-state index >= 15 is 0 Å². The lowest BCUT2D eigenvalue weighted by Gasteiger charge is -2.02. The van der Waals surface area contributed by atoms with Crippen LogP contribution in [0, 0.1) is 6.92 Å². The number of ether oxygens (including phenoxy) is 1. The minimum absolute atomic E-state index is 0.523. The molecule has 0 atom stereocenters. The number of nitrogens with two attached hydrogens (primary N) is 1. The molecule has 1 aromatic heterocycles. The van der Waals surface area contributed by atoms with Gasteiger partial charge in [0, 0.05) is 12.1 Å². The summed E-state index contributed by atoms with van der Waals surface area (Å²) in [7, 11) is 0. The highest BCUT2D eigenvalue weighted by molar-refractivity contribution is 7.21. The minimum Gasteiger partial charge on any atom is -0.492 e. The fourth-order valence-electron chi connectivity index (χ4n) is 2.10. The van der Waals surface area contributed by atoms with Crippen molar-refractivity contribution in [1.82, 2.24) is 4.98 Å². The second kappa shape index (κ2) is 5.61. The zero-order valence-electron chi connectivity index (χ0n) is 11.3. The molecule has 0 aliphatic rings. The van der Waals surface area contributed by atoms with Gasteiger partial charge in [-0.2, -0.15) is 0 Å². The number of hydrogen-bond acceptors (Lipinski definition) is 4. The molecule has 3 nitrogen and oxygen atoms in total. The Labute approximate surface area is 122 Å². The van der Waals surface area contributed by atoms with E-state index in [1.54, 1.807) is 11.3 Å². The van der Waals surface area contributed by atoms with E-state index in [4.69, 9.17) is 15.5 Å². The second-order valence-corrected chi connectivity index (χ2v) is 5.63. The fraction of sp³-hybridized carbons (Fsp3) is 0.188. The number of hydrogen-bond donors (Lipinski definition) is 1. The molecule has 0 unspecified atom stereocenters. The van der Waals surface area contributed by atoms with Crippen LogP contribution < -0.4 is 10.5 Å². The SMILES string of the molecule is Cc1ccccc1-c1nc2ccc(OCCN)cc2s1. The van der Waals surface area contributed by atoms with E-state index in [2.05, 4.69) is 19.1 Å². The molecule has 0 aliphatic heterocycles. The van der Waals surface area contributed by atoms with Gasteiger partial charge in [-0.1, -0.05) is 24.3 Å². The van der Waals surface area contributed by atoms with Crippen LogP contribution in [0.4, 0.5) is 0 Å². The summed E-state index contributed by atoms with van der Waals surface area (Å²) in [5, 5.41) is 1.05. The predicted octanol–water partition coefficient (Wildman–Crippen LogP) is 3.61. The third-order valence-corrected chi connectivity index (χ3v) is 4.17. The molecule has 3 rings (SSSR count). The van der Waals surface area contributed by atoms with Gasteiger partial charge < -0.3 is 10.5 Å². The van der Waals surface area contributed by atoms with Gasteiger partial charge in [-0.3, -0.25) is 0 Å². The van der Waals surface area contributed by atoms with Crippen molar-refractivity contribution in [1.29, 1.82) is 0 Å². The first-order chi connectivity index (χ1) is 9.78. The van der Waals surface area contributed by atoms with Crippen LogP contribution in [-0.2, 0) is 0 Å². The summed E-state index contributed by atoms with van der Waals surface area (Å²) >= 11 is 1.69. The van der Waals surface area contributed by atoms with E-state index < -0.39 is 0 Å². The Morgan fingerprint density at radius 2 is 2.05 bits per heavy atom. The molecule has 0 fully saturated rings. The maximum Gasteiger partial charge on any atom is 0.124 e. The molecule has 0 spiro atoms. The lowest BCUT2D eigenvalue weighted by molar-refractivity contribution is 0.329. The highest BCUT2D eigenvalue weighted by Gasteiger charge is 2.09. The van der Waals surface area contributed by atoms with Crippen molar-refractivity contribution in [3.8, 4) is 16.3 Å². The van der Waals surface area contributed by atoms with Gasteiger partial charge in [0.05, 0.1) is 10.2 Å². The van der Waals surface area contributed by atoms with Crippen molar-refractivity contribution >= 4 is 21.6 Å². The Hall–Kier alpha value is -1.91. The Morgan fingerprint density at radius 3 is 2.85 bits per heavy atom. The van der Waals surface area contributed by atoms with Crippen LogP contribution in [0.5, 0.6) is 5.75 Å². The predicted molar refractivity (Wildman–Crippen MR) is 84.3 cm³/mol. The largest absolute Gasteiger partial charge is 0.492 e.